The summed E-state index contributed by atoms with van der Waals surface area (Å²) in [5, 5.41) is 2.84. The molecule has 2 amide bonds. The number of hydrogen-bond acceptors (Lipinski definition) is 2. The van der Waals surface area contributed by atoms with Crippen LogP contribution in [0.2, 0.25) is 0 Å². The fourth-order valence-electron chi connectivity index (χ4n) is 2.63. The van der Waals surface area contributed by atoms with Gasteiger partial charge in [-0.1, -0.05) is 24.1 Å². The third-order valence-corrected chi connectivity index (χ3v) is 3.88. The highest BCUT2D eigenvalue weighted by Crippen LogP contribution is 2.25. The monoisotopic (exact) mass is 304 g/mol. The van der Waals surface area contributed by atoms with Gasteiger partial charge in [0.05, 0.1) is 5.92 Å². The average Bonchev–Trinajstić information content (AvgIpc) is 2.98. The number of anilines is 2. The second-order valence-corrected chi connectivity index (χ2v) is 5.45. The topological polar surface area (TPSA) is 49.4 Å². The van der Waals surface area contributed by atoms with Crippen LogP contribution in [0.25, 0.3) is 0 Å². The van der Waals surface area contributed by atoms with E-state index in [1.165, 1.54) is 0 Å². The molecule has 1 N–H and O–H groups in total. The molecule has 1 atom stereocenters. The third-order valence-electron chi connectivity index (χ3n) is 3.88. The summed E-state index contributed by atoms with van der Waals surface area (Å²) in [7, 11) is 0. The molecule has 2 aromatic rings. The number of para-hydroxylation sites is 1. The normalized spacial score (nSPS) is 16.9. The first-order valence-corrected chi connectivity index (χ1v) is 7.40. The van der Waals surface area contributed by atoms with Crippen molar-refractivity contribution >= 4 is 23.2 Å². The first kappa shape index (κ1) is 14.9. The molecule has 0 aliphatic carbocycles. The smallest absolute Gasteiger partial charge is 0.229 e. The molecule has 1 aliphatic heterocycles. The molecular weight excluding hydrogens is 288 g/mol. The van der Waals surface area contributed by atoms with Gasteiger partial charge in [0.2, 0.25) is 11.8 Å². The number of amides is 2. The van der Waals surface area contributed by atoms with Crippen molar-refractivity contribution < 1.29 is 9.59 Å². The van der Waals surface area contributed by atoms with Gasteiger partial charge in [0.15, 0.2) is 0 Å². The van der Waals surface area contributed by atoms with Gasteiger partial charge in [-0.25, -0.2) is 0 Å². The molecule has 1 heterocycles. The largest absolute Gasteiger partial charge is 0.326 e. The summed E-state index contributed by atoms with van der Waals surface area (Å²) in [6, 6.07) is 16.5. The number of benzene rings is 2. The van der Waals surface area contributed by atoms with Gasteiger partial charge in [0, 0.05) is 29.9 Å². The Labute approximate surface area is 135 Å². The maximum absolute atomic E-state index is 12.4. The third kappa shape index (κ3) is 3.24. The maximum Gasteiger partial charge on any atom is 0.229 e. The van der Waals surface area contributed by atoms with E-state index in [2.05, 4.69) is 11.2 Å². The van der Waals surface area contributed by atoms with Gasteiger partial charge in [-0.05, 0) is 36.4 Å². The molecule has 0 aromatic heterocycles. The molecule has 3 rings (SSSR count). The van der Waals surface area contributed by atoms with E-state index in [0.29, 0.717) is 12.2 Å². The van der Waals surface area contributed by atoms with E-state index in [9.17, 15) is 9.59 Å². The van der Waals surface area contributed by atoms with E-state index >= 15 is 0 Å². The molecule has 0 bridgehead atoms. The maximum atomic E-state index is 12.4. The Hall–Kier alpha value is -3.06. The van der Waals surface area contributed by atoms with E-state index in [1.807, 2.05) is 30.3 Å². The van der Waals surface area contributed by atoms with Crippen LogP contribution in [0.1, 0.15) is 12.0 Å². The van der Waals surface area contributed by atoms with Crippen molar-refractivity contribution in [1.29, 1.82) is 0 Å². The van der Waals surface area contributed by atoms with E-state index in [-0.39, 0.29) is 24.2 Å². The van der Waals surface area contributed by atoms with Crippen LogP contribution >= 0.6 is 0 Å². The second-order valence-electron chi connectivity index (χ2n) is 5.45. The molecule has 23 heavy (non-hydrogen) atoms. The zero-order valence-corrected chi connectivity index (χ0v) is 12.5. The number of carbonyl (C=O) groups excluding carboxylic acids is 2. The first-order valence-electron chi connectivity index (χ1n) is 7.40. The second kappa shape index (κ2) is 6.37. The van der Waals surface area contributed by atoms with Gasteiger partial charge < -0.3 is 10.2 Å². The number of nitrogens with zero attached hydrogens (tertiary/aromatic N) is 1. The molecule has 0 spiro atoms. The van der Waals surface area contributed by atoms with E-state index in [4.69, 9.17) is 6.42 Å². The Morgan fingerprint density at radius 3 is 2.48 bits per heavy atom. The van der Waals surface area contributed by atoms with Crippen molar-refractivity contribution in [1.82, 2.24) is 0 Å². The lowest BCUT2D eigenvalue weighted by molar-refractivity contribution is -0.122. The van der Waals surface area contributed by atoms with Crippen LogP contribution in [0.3, 0.4) is 0 Å². The lowest BCUT2D eigenvalue weighted by Gasteiger charge is -2.16. The minimum absolute atomic E-state index is 0.0287. The molecule has 1 aliphatic rings. The lowest BCUT2D eigenvalue weighted by atomic mass is 10.1. The van der Waals surface area contributed by atoms with Gasteiger partial charge in [-0.3, -0.25) is 9.59 Å². The number of hydrogen-bond donors (Lipinski definition) is 1. The highest BCUT2D eigenvalue weighted by atomic mass is 16.2. The SMILES string of the molecule is C#Cc1ccc(NC(=O)C2CC(=O)N(c3ccccc3)C2)cc1. The van der Waals surface area contributed by atoms with Crippen LogP contribution < -0.4 is 10.2 Å². The highest BCUT2D eigenvalue weighted by molar-refractivity contribution is 6.03. The summed E-state index contributed by atoms with van der Waals surface area (Å²) in [5.41, 5.74) is 2.26. The summed E-state index contributed by atoms with van der Waals surface area (Å²) in [6.07, 6.45) is 5.53. The predicted molar refractivity (Wildman–Crippen MR) is 89.9 cm³/mol. The number of carbonyl (C=O) groups is 2. The fourth-order valence-corrected chi connectivity index (χ4v) is 2.63. The van der Waals surface area contributed by atoms with Gasteiger partial charge >= 0.3 is 0 Å². The summed E-state index contributed by atoms with van der Waals surface area (Å²) >= 11 is 0. The van der Waals surface area contributed by atoms with Gasteiger partial charge in [-0.2, -0.15) is 0 Å². The predicted octanol–water partition coefficient (Wildman–Crippen LogP) is 2.66. The number of rotatable bonds is 3. The molecule has 4 heteroatoms. The minimum atomic E-state index is -0.352. The molecule has 0 saturated carbocycles. The fraction of sp³-hybridized carbons (Fsp3) is 0.158. The molecule has 1 fully saturated rings. The van der Waals surface area contributed by atoms with Crippen LogP contribution in [0.5, 0.6) is 0 Å². The average molecular weight is 304 g/mol. The highest BCUT2D eigenvalue weighted by Gasteiger charge is 2.35. The zero-order chi connectivity index (χ0) is 16.2. The van der Waals surface area contributed by atoms with Crippen molar-refractivity contribution in [3.63, 3.8) is 0 Å². The Bertz CT molecular complexity index is 760. The molecule has 0 radical (unpaired) electrons. The number of nitrogens with one attached hydrogen (secondary N) is 1. The van der Waals surface area contributed by atoms with Gasteiger partial charge in [-0.15, -0.1) is 6.42 Å². The molecule has 4 nitrogen and oxygen atoms in total. The zero-order valence-electron chi connectivity index (χ0n) is 12.5. The van der Waals surface area contributed by atoms with E-state index in [1.54, 1.807) is 29.2 Å². The molecular formula is C19H16N2O2. The van der Waals surface area contributed by atoms with Crippen molar-refractivity contribution in [3.8, 4) is 12.3 Å². The van der Waals surface area contributed by atoms with Gasteiger partial charge in [0.25, 0.3) is 0 Å². The van der Waals surface area contributed by atoms with Crippen molar-refractivity contribution in [2.45, 2.75) is 6.42 Å². The van der Waals surface area contributed by atoms with Crippen molar-refractivity contribution in [3.05, 3.63) is 60.2 Å². The Morgan fingerprint density at radius 2 is 1.83 bits per heavy atom. The van der Waals surface area contributed by atoms with Crippen LogP contribution in [-0.4, -0.2) is 18.4 Å². The quantitative estimate of drug-likeness (QED) is 0.886. The molecule has 1 saturated heterocycles. The van der Waals surface area contributed by atoms with Crippen LogP contribution in [0.4, 0.5) is 11.4 Å². The number of terminal acetylenes is 1. The molecule has 2 aromatic carbocycles. The van der Waals surface area contributed by atoms with E-state index < -0.39 is 0 Å². The van der Waals surface area contributed by atoms with Crippen LogP contribution in [0, 0.1) is 18.3 Å². The minimum Gasteiger partial charge on any atom is -0.326 e. The lowest BCUT2D eigenvalue weighted by Crippen LogP contribution is -2.28. The van der Waals surface area contributed by atoms with Crippen LogP contribution in [0.15, 0.2) is 54.6 Å². The summed E-state index contributed by atoms with van der Waals surface area (Å²) in [6.45, 7) is 0.400. The summed E-state index contributed by atoms with van der Waals surface area (Å²) in [5.74, 6) is 2.00. The van der Waals surface area contributed by atoms with Crippen LogP contribution in [-0.2, 0) is 9.59 Å². The van der Waals surface area contributed by atoms with E-state index in [0.717, 1.165) is 11.3 Å². The molecule has 114 valence electrons. The Balaban J connectivity index is 1.67. The van der Waals surface area contributed by atoms with Gasteiger partial charge in [0.1, 0.15) is 0 Å². The summed E-state index contributed by atoms with van der Waals surface area (Å²) in [4.78, 5) is 26.2. The standard InChI is InChI=1S/C19H16N2O2/c1-2-14-8-10-16(11-9-14)20-19(23)15-12-18(22)21(13-15)17-6-4-3-5-7-17/h1,3-11,15H,12-13H2,(H,20,23). The van der Waals surface area contributed by atoms with Crippen molar-refractivity contribution in [2.24, 2.45) is 5.92 Å². The summed E-state index contributed by atoms with van der Waals surface area (Å²) < 4.78 is 0. The Morgan fingerprint density at radius 1 is 1.13 bits per heavy atom. The Kier molecular flexibility index (Phi) is 4.11. The first-order chi connectivity index (χ1) is 11.2. The molecule has 1 unspecified atom stereocenters. The van der Waals surface area contributed by atoms with Crippen molar-refractivity contribution in [2.75, 3.05) is 16.8 Å².